The van der Waals surface area contributed by atoms with E-state index in [-0.39, 0.29) is 5.69 Å². The number of aromatic amines is 2. The SMILES string of the molecule is O=C(COC(=O)c1cc(=O)[nH]c(=O)[nH]1)NC(c1ccccc1)c1ccccc1. The van der Waals surface area contributed by atoms with Crippen molar-refractivity contribution in [1.29, 1.82) is 0 Å². The summed E-state index contributed by atoms with van der Waals surface area (Å²) in [6.07, 6.45) is 0. The summed E-state index contributed by atoms with van der Waals surface area (Å²) < 4.78 is 4.90. The highest BCUT2D eigenvalue weighted by molar-refractivity contribution is 5.89. The van der Waals surface area contributed by atoms with Crippen LogP contribution >= 0.6 is 0 Å². The van der Waals surface area contributed by atoms with Gasteiger partial charge in [-0.25, -0.2) is 9.59 Å². The molecule has 0 saturated heterocycles. The van der Waals surface area contributed by atoms with Crippen LogP contribution in [-0.4, -0.2) is 28.5 Å². The number of hydrogen-bond acceptors (Lipinski definition) is 5. The van der Waals surface area contributed by atoms with Gasteiger partial charge in [-0.05, 0) is 11.1 Å². The summed E-state index contributed by atoms with van der Waals surface area (Å²) in [6, 6.07) is 19.2. The third-order valence-electron chi connectivity index (χ3n) is 3.89. The molecule has 1 heterocycles. The van der Waals surface area contributed by atoms with Crippen molar-refractivity contribution in [2.75, 3.05) is 6.61 Å². The van der Waals surface area contributed by atoms with Gasteiger partial charge in [-0.2, -0.15) is 0 Å². The van der Waals surface area contributed by atoms with Crippen LogP contribution in [0.3, 0.4) is 0 Å². The Balaban J connectivity index is 1.70. The Morgan fingerprint density at radius 3 is 2.00 bits per heavy atom. The third kappa shape index (κ3) is 4.82. The van der Waals surface area contributed by atoms with Crippen molar-refractivity contribution < 1.29 is 14.3 Å². The quantitative estimate of drug-likeness (QED) is 0.554. The van der Waals surface area contributed by atoms with Crippen LogP contribution < -0.4 is 16.6 Å². The number of carbonyl (C=O) groups excluding carboxylic acids is 2. The molecule has 0 saturated carbocycles. The molecule has 3 aromatic rings. The van der Waals surface area contributed by atoms with Gasteiger partial charge in [0, 0.05) is 6.07 Å². The number of carbonyl (C=O) groups is 2. The Morgan fingerprint density at radius 2 is 1.46 bits per heavy atom. The first-order chi connectivity index (χ1) is 13.5. The van der Waals surface area contributed by atoms with E-state index in [1.54, 1.807) is 0 Å². The standard InChI is InChI=1S/C20H17N3O5/c24-16-11-15(21-20(27)23-16)19(26)28-12-17(25)22-18(13-7-3-1-4-8-13)14-9-5-2-6-10-14/h1-11,18H,12H2,(H,22,25)(H2,21,23,24,27). The van der Waals surface area contributed by atoms with E-state index in [1.807, 2.05) is 65.6 Å². The lowest BCUT2D eigenvalue weighted by Crippen LogP contribution is -2.33. The molecule has 8 nitrogen and oxygen atoms in total. The molecule has 3 rings (SSSR count). The van der Waals surface area contributed by atoms with Gasteiger partial charge >= 0.3 is 11.7 Å². The summed E-state index contributed by atoms with van der Waals surface area (Å²) in [6.45, 7) is -0.566. The molecule has 142 valence electrons. The number of rotatable bonds is 6. The molecule has 0 radical (unpaired) electrons. The molecule has 8 heteroatoms. The monoisotopic (exact) mass is 379 g/mol. The molecule has 0 unspecified atom stereocenters. The Labute approximate surface area is 159 Å². The van der Waals surface area contributed by atoms with E-state index in [0.29, 0.717) is 0 Å². The molecule has 3 N–H and O–H groups in total. The van der Waals surface area contributed by atoms with Gasteiger partial charge in [-0.15, -0.1) is 0 Å². The number of ether oxygens (including phenoxy) is 1. The van der Waals surface area contributed by atoms with Crippen molar-refractivity contribution >= 4 is 11.9 Å². The largest absolute Gasteiger partial charge is 0.451 e. The molecule has 0 atom stereocenters. The Hall–Kier alpha value is -3.94. The molecule has 28 heavy (non-hydrogen) atoms. The maximum atomic E-state index is 12.3. The summed E-state index contributed by atoms with van der Waals surface area (Å²) in [5.41, 5.74) is -0.172. The van der Waals surface area contributed by atoms with Gasteiger partial charge < -0.3 is 15.0 Å². The summed E-state index contributed by atoms with van der Waals surface area (Å²) >= 11 is 0. The number of H-pyrrole nitrogens is 2. The zero-order valence-electron chi connectivity index (χ0n) is 14.7. The van der Waals surface area contributed by atoms with Crippen LogP contribution in [0.1, 0.15) is 27.7 Å². The molecule has 0 bridgehead atoms. The van der Waals surface area contributed by atoms with Crippen molar-refractivity contribution in [1.82, 2.24) is 15.3 Å². The van der Waals surface area contributed by atoms with E-state index in [0.717, 1.165) is 17.2 Å². The highest BCUT2D eigenvalue weighted by Crippen LogP contribution is 2.21. The molecule has 0 fully saturated rings. The number of amides is 1. The summed E-state index contributed by atoms with van der Waals surface area (Å²) in [5.74, 6) is -1.51. The van der Waals surface area contributed by atoms with Gasteiger partial charge in [-0.1, -0.05) is 60.7 Å². The summed E-state index contributed by atoms with van der Waals surface area (Å²) in [4.78, 5) is 50.8. The second kappa shape index (κ2) is 8.63. The molecule has 0 spiro atoms. The van der Waals surface area contributed by atoms with Crippen LogP contribution in [0, 0.1) is 0 Å². The maximum absolute atomic E-state index is 12.3. The van der Waals surface area contributed by atoms with Gasteiger partial charge in [0.05, 0.1) is 6.04 Å². The topological polar surface area (TPSA) is 121 Å². The highest BCUT2D eigenvalue weighted by Gasteiger charge is 2.18. The average molecular weight is 379 g/mol. The number of hydrogen-bond donors (Lipinski definition) is 3. The van der Waals surface area contributed by atoms with Crippen molar-refractivity contribution in [2.45, 2.75) is 6.04 Å². The van der Waals surface area contributed by atoms with Crippen molar-refractivity contribution in [3.8, 4) is 0 Å². The number of benzene rings is 2. The van der Waals surface area contributed by atoms with Crippen LogP contribution in [0.2, 0.25) is 0 Å². The summed E-state index contributed by atoms with van der Waals surface area (Å²) in [5, 5.41) is 2.82. The summed E-state index contributed by atoms with van der Waals surface area (Å²) in [7, 11) is 0. The fourth-order valence-corrected chi connectivity index (χ4v) is 2.64. The van der Waals surface area contributed by atoms with E-state index in [9.17, 15) is 19.2 Å². The fourth-order valence-electron chi connectivity index (χ4n) is 2.64. The number of aromatic nitrogens is 2. The predicted molar refractivity (Wildman–Crippen MR) is 101 cm³/mol. The van der Waals surface area contributed by atoms with Crippen LogP contribution in [0.25, 0.3) is 0 Å². The van der Waals surface area contributed by atoms with Crippen molar-refractivity contribution in [3.63, 3.8) is 0 Å². The van der Waals surface area contributed by atoms with Crippen LogP contribution in [-0.2, 0) is 9.53 Å². The first-order valence-electron chi connectivity index (χ1n) is 8.43. The lowest BCUT2D eigenvalue weighted by Gasteiger charge is -2.19. The van der Waals surface area contributed by atoms with E-state index in [1.165, 1.54) is 0 Å². The lowest BCUT2D eigenvalue weighted by molar-refractivity contribution is -0.124. The fraction of sp³-hybridized carbons (Fsp3) is 0.100. The second-order valence-corrected chi connectivity index (χ2v) is 5.90. The van der Waals surface area contributed by atoms with Crippen LogP contribution in [0.15, 0.2) is 76.3 Å². The highest BCUT2D eigenvalue weighted by atomic mass is 16.5. The zero-order chi connectivity index (χ0) is 19.9. The molecule has 1 aromatic heterocycles. The predicted octanol–water partition coefficient (Wildman–Crippen LogP) is 1.13. The van der Waals surface area contributed by atoms with Gasteiger partial charge in [0.25, 0.3) is 11.5 Å². The minimum absolute atomic E-state index is 0.329. The third-order valence-corrected chi connectivity index (χ3v) is 3.89. The minimum atomic E-state index is -0.977. The molecule has 1 amide bonds. The molecule has 0 aliphatic carbocycles. The first kappa shape index (κ1) is 18.8. The van der Waals surface area contributed by atoms with E-state index in [4.69, 9.17) is 4.74 Å². The molecular formula is C20H17N3O5. The number of nitrogens with one attached hydrogen (secondary N) is 3. The van der Waals surface area contributed by atoms with Gasteiger partial charge in [0.1, 0.15) is 5.69 Å². The molecule has 0 aliphatic heterocycles. The average Bonchev–Trinajstić information content (AvgIpc) is 2.71. The second-order valence-electron chi connectivity index (χ2n) is 5.90. The minimum Gasteiger partial charge on any atom is -0.451 e. The zero-order valence-corrected chi connectivity index (χ0v) is 14.7. The van der Waals surface area contributed by atoms with Crippen molar-refractivity contribution in [2.24, 2.45) is 0 Å². The van der Waals surface area contributed by atoms with E-state index in [2.05, 4.69) is 10.3 Å². The lowest BCUT2D eigenvalue weighted by atomic mass is 9.99. The Bertz CT molecular complexity index is 1010. The first-order valence-corrected chi connectivity index (χ1v) is 8.43. The van der Waals surface area contributed by atoms with E-state index < -0.39 is 35.8 Å². The van der Waals surface area contributed by atoms with Gasteiger partial charge in [0.2, 0.25) is 0 Å². The molecule has 2 aromatic carbocycles. The van der Waals surface area contributed by atoms with E-state index >= 15 is 0 Å². The smallest absolute Gasteiger partial charge is 0.355 e. The normalized spacial score (nSPS) is 10.5. The Kier molecular flexibility index (Phi) is 5.81. The molecular weight excluding hydrogens is 362 g/mol. The van der Waals surface area contributed by atoms with Crippen LogP contribution in [0.4, 0.5) is 0 Å². The Morgan fingerprint density at radius 1 is 0.893 bits per heavy atom. The van der Waals surface area contributed by atoms with Gasteiger partial charge in [0.15, 0.2) is 6.61 Å². The van der Waals surface area contributed by atoms with Crippen molar-refractivity contribution in [3.05, 3.63) is 104 Å². The maximum Gasteiger partial charge on any atom is 0.355 e. The molecule has 0 aliphatic rings. The number of esters is 1. The van der Waals surface area contributed by atoms with Gasteiger partial charge in [-0.3, -0.25) is 14.6 Å². The van der Waals surface area contributed by atoms with Crippen LogP contribution in [0.5, 0.6) is 0 Å².